The summed E-state index contributed by atoms with van der Waals surface area (Å²) < 4.78 is 0. The van der Waals surface area contributed by atoms with Crippen molar-refractivity contribution in [3.63, 3.8) is 0 Å². The monoisotopic (exact) mass is 303 g/mol. The van der Waals surface area contributed by atoms with Crippen LogP contribution in [0.5, 0.6) is 0 Å². The largest absolute Gasteiger partial charge is 0.345 e. The molecule has 0 unspecified atom stereocenters. The summed E-state index contributed by atoms with van der Waals surface area (Å²) in [7, 11) is 1.83. The van der Waals surface area contributed by atoms with Gasteiger partial charge in [-0.2, -0.15) is 0 Å². The van der Waals surface area contributed by atoms with Crippen LogP contribution in [-0.2, 0) is 19.4 Å². The lowest BCUT2D eigenvalue weighted by Crippen LogP contribution is -2.26. The molecular weight excluding hydrogens is 282 g/mol. The van der Waals surface area contributed by atoms with Crippen LogP contribution >= 0.6 is 11.3 Å². The van der Waals surface area contributed by atoms with E-state index in [0.717, 1.165) is 35.2 Å². The molecule has 5 heteroatoms. The van der Waals surface area contributed by atoms with E-state index in [9.17, 15) is 4.79 Å². The number of aromatic amines is 1. The summed E-state index contributed by atoms with van der Waals surface area (Å²) in [6.45, 7) is 4.77. The SMILES string of the molecule is Cc1cnc(CN(C)C(=O)c2cc3c(s2)CC[C@H](C)C3)[nH]1. The molecule has 21 heavy (non-hydrogen) atoms. The zero-order chi connectivity index (χ0) is 15.0. The molecule has 3 rings (SSSR count). The fourth-order valence-electron chi connectivity index (χ4n) is 2.84. The molecule has 0 saturated heterocycles. The van der Waals surface area contributed by atoms with Crippen LogP contribution in [0.3, 0.4) is 0 Å². The fraction of sp³-hybridized carbons (Fsp3) is 0.500. The Morgan fingerprint density at radius 1 is 1.57 bits per heavy atom. The Bertz CT molecular complexity index is 658. The Balaban J connectivity index is 1.72. The highest BCUT2D eigenvalue weighted by molar-refractivity contribution is 7.14. The van der Waals surface area contributed by atoms with Gasteiger partial charge in [0.25, 0.3) is 5.91 Å². The third-order valence-corrected chi connectivity index (χ3v) is 5.25. The average Bonchev–Trinajstić information content (AvgIpc) is 3.03. The normalized spacial score (nSPS) is 17.6. The predicted molar refractivity (Wildman–Crippen MR) is 84.6 cm³/mol. The van der Waals surface area contributed by atoms with E-state index < -0.39 is 0 Å². The van der Waals surface area contributed by atoms with Gasteiger partial charge in [-0.3, -0.25) is 4.79 Å². The maximum absolute atomic E-state index is 12.5. The lowest BCUT2D eigenvalue weighted by atomic mass is 9.90. The van der Waals surface area contributed by atoms with Crippen LogP contribution in [0, 0.1) is 12.8 Å². The van der Waals surface area contributed by atoms with Crippen LogP contribution in [0.25, 0.3) is 0 Å². The number of carbonyl (C=O) groups excluding carboxylic acids is 1. The minimum Gasteiger partial charge on any atom is -0.345 e. The van der Waals surface area contributed by atoms with Gasteiger partial charge in [0.1, 0.15) is 5.82 Å². The van der Waals surface area contributed by atoms with Crippen molar-refractivity contribution in [2.45, 2.75) is 39.7 Å². The van der Waals surface area contributed by atoms with Crippen molar-refractivity contribution in [3.8, 4) is 0 Å². The van der Waals surface area contributed by atoms with Gasteiger partial charge in [0, 0.05) is 23.8 Å². The second-order valence-electron chi connectivity index (χ2n) is 6.08. The second kappa shape index (κ2) is 5.64. The summed E-state index contributed by atoms with van der Waals surface area (Å²) in [4.78, 5) is 24.0. The summed E-state index contributed by atoms with van der Waals surface area (Å²) >= 11 is 1.67. The molecule has 2 aromatic heterocycles. The molecule has 1 aliphatic carbocycles. The molecular formula is C16H21N3OS. The van der Waals surface area contributed by atoms with Crippen LogP contribution < -0.4 is 0 Å². The van der Waals surface area contributed by atoms with E-state index in [-0.39, 0.29) is 5.91 Å². The van der Waals surface area contributed by atoms with Gasteiger partial charge in [-0.25, -0.2) is 4.98 Å². The van der Waals surface area contributed by atoms with E-state index in [4.69, 9.17) is 0 Å². The van der Waals surface area contributed by atoms with E-state index >= 15 is 0 Å². The molecule has 2 heterocycles. The lowest BCUT2D eigenvalue weighted by molar-refractivity contribution is 0.0786. The minimum atomic E-state index is 0.0936. The Labute approximate surface area is 129 Å². The number of hydrogen-bond donors (Lipinski definition) is 1. The van der Waals surface area contributed by atoms with Gasteiger partial charge < -0.3 is 9.88 Å². The molecule has 0 aliphatic heterocycles. The number of H-pyrrole nitrogens is 1. The number of thiophene rings is 1. The van der Waals surface area contributed by atoms with E-state index in [0.29, 0.717) is 6.54 Å². The molecule has 0 bridgehead atoms. The summed E-state index contributed by atoms with van der Waals surface area (Å²) in [5.41, 5.74) is 2.40. The van der Waals surface area contributed by atoms with E-state index in [2.05, 4.69) is 23.0 Å². The van der Waals surface area contributed by atoms with Crippen LogP contribution in [0.2, 0.25) is 0 Å². The molecule has 112 valence electrons. The number of aromatic nitrogens is 2. The summed E-state index contributed by atoms with van der Waals surface area (Å²) in [6.07, 6.45) is 5.26. The van der Waals surface area contributed by atoms with Crippen molar-refractivity contribution in [2.24, 2.45) is 5.92 Å². The third kappa shape index (κ3) is 3.02. The molecule has 1 atom stereocenters. The van der Waals surface area contributed by atoms with Crippen molar-refractivity contribution in [2.75, 3.05) is 7.05 Å². The molecule has 1 amide bonds. The number of hydrogen-bond acceptors (Lipinski definition) is 3. The molecule has 0 spiro atoms. The Morgan fingerprint density at radius 3 is 3.10 bits per heavy atom. The van der Waals surface area contributed by atoms with Gasteiger partial charge in [-0.1, -0.05) is 6.92 Å². The highest BCUT2D eigenvalue weighted by atomic mass is 32.1. The molecule has 0 saturated carbocycles. The van der Waals surface area contributed by atoms with E-state index in [1.807, 2.05) is 14.0 Å². The van der Waals surface area contributed by atoms with Crippen LogP contribution in [0.4, 0.5) is 0 Å². The van der Waals surface area contributed by atoms with Crippen LogP contribution in [-0.4, -0.2) is 27.8 Å². The third-order valence-electron chi connectivity index (χ3n) is 4.03. The molecule has 1 N–H and O–H groups in total. The second-order valence-corrected chi connectivity index (χ2v) is 7.22. The first-order chi connectivity index (χ1) is 10.0. The Hall–Kier alpha value is -1.62. The Morgan fingerprint density at radius 2 is 2.38 bits per heavy atom. The quantitative estimate of drug-likeness (QED) is 0.946. The smallest absolute Gasteiger partial charge is 0.264 e. The number of amides is 1. The average molecular weight is 303 g/mol. The van der Waals surface area contributed by atoms with Gasteiger partial charge in [0.05, 0.1) is 11.4 Å². The summed E-state index contributed by atoms with van der Waals surface area (Å²) in [6, 6.07) is 2.10. The number of carbonyl (C=O) groups is 1. The predicted octanol–water partition coefficient (Wildman–Crippen LogP) is 3.18. The number of fused-ring (bicyclic) bond motifs is 1. The Kier molecular flexibility index (Phi) is 3.85. The number of imidazole rings is 1. The molecule has 4 nitrogen and oxygen atoms in total. The summed E-state index contributed by atoms with van der Waals surface area (Å²) in [5, 5.41) is 0. The first-order valence-electron chi connectivity index (χ1n) is 7.40. The van der Waals surface area contributed by atoms with Crippen molar-refractivity contribution in [1.82, 2.24) is 14.9 Å². The first-order valence-corrected chi connectivity index (χ1v) is 8.22. The van der Waals surface area contributed by atoms with Crippen LogP contribution in [0.1, 0.15) is 45.0 Å². The van der Waals surface area contributed by atoms with E-state index in [1.54, 1.807) is 22.4 Å². The fourth-order valence-corrected chi connectivity index (χ4v) is 4.05. The van der Waals surface area contributed by atoms with Crippen LogP contribution in [0.15, 0.2) is 12.3 Å². The molecule has 0 aromatic carbocycles. The molecule has 0 radical (unpaired) electrons. The summed E-state index contributed by atoms with van der Waals surface area (Å²) in [5.74, 6) is 1.66. The number of aryl methyl sites for hydroxylation is 2. The van der Waals surface area contributed by atoms with Crippen molar-refractivity contribution >= 4 is 17.2 Å². The highest BCUT2D eigenvalue weighted by Crippen LogP contribution is 2.32. The maximum atomic E-state index is 12.5. The molecule has 1 aliphatic rings. The van der Waals surface area contributed by atoms with E-state index in [1.165, 1.54) is 16.9 Å². The van der Waals surface area contributed by atoms with Crippen molar-refractivity contribution in [1.29, 1.82) is 0 Å². The molecule has 0 fully saturated rings. The lowest BCUT2D eigenvalue weighted by Gasteiger charge is -2.16. The number of rotatable bonds is 3. The standard InChI is InChI=1S/C16H21N3OS/c1-10-4-5-13-12(6-10)7-14(21-13)16(20)19(3)9-15-17-8-11(2)18-15/h7-8,10H,4-6,9H2,1-3H3,(H,17,18)/t10-/m0/s1. The first kappa shape index (κ1) is 14.3. The van der Waals surface area contributed by atoms with Crippen molar-refractivity contribution < 1.29 is 4.79 Å². The topological polar surface area (TPSA) is 49.0 Å². The highest BCUT2D eigenvalue weighted by Gasteiger charge is 2.22. The maximum Gasteiger partial charge on any atom is 0.264 e. The van der Waals surface area contributed by atoms with Gasteiger partial charge in [-0.05, 0) is 43.7 Å². The number of nitrogens with one attached hydrogen (secondary N) is 1. The minimum absolute atomic E-state index is 0.0936. The zero-order valence-corrected chi connectivity index (χ0v) is 13.6. The van der Waals surface area contributed by atoms with Gasteiger partial charge in [0.2, 0.25) is 0 Å². The molecule has 2 aromatic rings. The van der Waals surface area contributed by atoms with Gasteiger partial charge >= 0.3 is 0 Å². The zero-order valence-electron chi connectivity index (χ0n) is 12.8. The van der Waals surface area contributed by atoms with Crippen molar-refractivity contribution in [3.05, 3.63) is 39.1 Å². The van der Waals surface area contributed by atoms with Gasteiger partial charge in [0.15, 0.2) is 0 Å². The van der Waals surface area contributed by atoms with Gasteiger partial charge in [-0.15, -0.1) is 11.3 Å². The number of nitrogens with zero attached hydrogens (tertiary/aromatic N) is 2.